The van der Waals surface area contributed by atoms with E-state index in [-0.39, 0.29) is 33.7 Å². The highest BCUT2D eigenvalue weighted by Gasteiger charge is 2.61. The summed E-state index contributed by atoms with van der Waals surface area (Å²) < 4.78 is 4.63. The summed E-state index contributed by atoms with van der Waals surface area (Å²) in [6.45, 7) is 6.71. The van der Waals surface area contributed by atoms with Gasteiger partial charge in [0.25, 0.3) is 11.6 Å². The fourth-order valence-corrected chi connectivity index (χ4v) is 4.75. The average molecular weight is 360 g/mol. The molecule has 2 fully saturated rings. The number of nitro benzene ring substituents is 1. The van der Waals surface area contributed by atoms with Crippen LogP contribution in [0.15, 0.2) is 18.2 Å². The number of nitro groups is 1. The molecular formula is C19H24N2O5. The van der Waals surface area contributed by atoms with Crippen LogP contribution in [-0.2, 0) is 4.74 Å². The Morgan fingerprint density at radius 2 is 1.88 bits per heavy atom. The van der Waals surface area contributed by atoms with Gasteiger partial charge in [0.1, 0.15) is 0 Å². The molecule has 0 aliphatic heterocycles. The number of hydrogen-bond donors (Lipinski definition) is 1. The second kappa shape index (κ2) is 6.07. The fraction of sp³-hybridized carbons (Fsp3) is 0.579. The molecule has 7 heteroatoms. The summed E-state index contributed by atoms with van der Waals surface area (Å²) in [4.78, 5) is 35.1. The van der Waals surface area contributed by atoms with Crippen molar-refractivity contribution in [3.8, 4) is 0 Å². The smallest absolute Gasteiger partial charge is 0.338 e. The molecule has 0 unspecified atom stereocenters. The lowest BCUT2D eigenvalue weighted by molar-refractivity contribution is -0.384. The third-order valence-electron chi connectivity index (χ3n) is 6.91. The van der Waals surface area contributed by atoms with Crippen LogP contribution >= 0.6 is 0 Å². The molecule has 1 aromatic rings. The topological polar surface area (TPSA) is 98.5 Å². The Bertz CT molecular complexity index is 788. The minimum Gasteiger partial charge on any atom is -0.465 e. The first kappa shape index (κ1) is 18.4. The van der Waals surface area contributed by atoms with Crippen LogP contribution < -0.4 is 5.32 Å². The molecule has 2 aliphatic carbocycles. The molecule has 2 saturated carbocycles. The zero-order chi connectivity index (χ0) is 19.3. The van der Waals surface area contributed by atoms with Crippen molar-refractivity contribution < 1.29 is 19.2 Å². The SMILES string of the molecule is COC(=O)c1cc(C(=O)N[C@@H]2C[C@@H]3CC[C@]2(C)C3(C)C)cc([N+](=O)[O-])c1. The number of nitrogens with zero attached hydrogens (tertiary/aromatic N) is 1. The van der Waals surface area contributed by atoms with Gasteiger partial charge in [-0.25, -0.2) is 4.79 Å². The van der Waals surface area contributed by atoms with Gasteiger partial charge in [-0.05, 0) is 42.1 Å². The number of hydrogen-bond acceptors (Lipinski definition) is 5. The van der Waals surface area contributed by atoms with Crippen molar-refractivity contribution in [1.82, 2.24) is 5.32 Å². The Kier molecular flexibility index (Phi) is 4.29. The van der Waals surface area contributed by atoms with E-state index in [1.165, 1.54) is 25.7 Å². The summed E-state index contributed by atoms with van der Waals surface area (Å²) in [6.07, 6.45) is 3.13. The van der Waals surface area contributed by atoms with Crippen LogP contribution in [0.4, 0.5) is 5.69 Å². The van der Waals surface area contributed by atoms with Gasteiger partial charge in [0.15, 0.2) is 0 Å². The minimum absolute atomic E-state index is 0.000774. The summed E-state index contributed by atoms with van der Waals surface area (Å²) >= 11 is 0. The Morgan fingerprint density at radius 1 is 1.23 bits per heavy atom. The normalized spacial score (nSPS) is 28.6. The molecule has 1 aromatic carbocycles. The van der Waals surface area contributed by atoms with Gasteiger partial charge < -0.3 is 10.1 Å². The molecule has 0 spiro atoms. The van der Waals surface area contributed by atoms with E-state index in [2.05, 4.69) is 30.8 Å². The number of methoxy groups -OCH3 is 1. The van der Waals surface area contributed by atoms with Gasteiger partial charge in [-0.15, -0.1) is 0 Å². The van der Waals surface area contributed by atoms with Crippen molar-refractivity contribution in [1.29, 1.82) is 0 Å². The molecule has 26 heavy (non-hydrogen) atoms. The van der Waals surface area contributed by atoms with Crippen molar-refractivity contribution in [3.63, 3.8) is 0 Å². The van der Waals surface area contributed by atoms with E-state index in [1.807, 2.05) is 0 Å². The first-order chi connectivity index (χ1) is 12.1. The van der Waals surface area contributed by atoms with Crippen LogP contribution in [0.3, 0.4) is 0 Å². The van der Waals surface area contributed by atoms with Crippen LogP contribution in [0, 0.1) is 26.9 Å². The van der Waals surface area contributed by atoms with Gasteiger partial charge in [-0.3, -0.25) is 14.9 Å². The molecule has 7 nitrogen and oxygen atoms in total. The van der Waals surface area contributed by atoms with Gasteiger partial charge in [0.2, 0.25) is 0 Å². The Hall–Kier alpha value is -2.44. The third-order valence-corrected chi connectivity index (χ3v) is 6.91. The second-order valence-corrected chi connectivity index (χ2v) is 8.15. The number of nitrogens with one attached hydrogen (secondary N) is 1. The second-order valence-electron chi connectivity index (χ2n) is 8.15. The summed E-state index contributed by atoms with van der Waals surface area (Å²) in [5.74, 6) is -0.544. The molecule has 1 N–H and O–H groups in total. The lowest BCUT2D eigenvalue weighted by Gasteiger charge is -2.39. The molecule has 0 heterocycles. The van der Waals surface area contributed by atoms with E-state index >= 15 is 0 Å². The van der Waals surface area contributed by atoms with Crippen molar-refractivity contribution in [2.75, 3.05) is 7.11 Å². The van der Waals surface area contributed by atoms with E-state index in [4.69, 9.17) is 0 Å². The van der Waals surface area contributed by atoms with E-state index in [0.717, 1.165) is 18.9 Å². The molecule has 3 rings (SSSR count). The number of benzene rings is 1. The maximum atomic E-state index is 12.8. The molecular weight excluding hydrogens is 336 g/mol. The largest absolute Gasteiger partial charge is 0.465 e. The van der Waals surface area contributed by atoms with Crippen LogP contribution in [-0.4, -0.2) is 30.0 Å². The maximum Gasteiger partial charge on any atom is 0.338 e. The summed E-state index contributed by atoms with van der Waals surface area (Å²) in [6, 6.07) is 3.67. The first-order valence-corrected chi connectivity index (χ1v) is 8.79. The van der Waals surface area contributed by atoms with Crippen molar-refractivity contribution in [2.24, 2.45) is 16.7 Å². The van der Waals surface area contributed by atoms with Crippen molar-refractivity contribution in [2.45, 2.75) is 46.1 Å². The van der Waals surface area contributed by atoms with Gasteiger partial charge >= 0.3 is 5.97 Å². The first-order valence-electron chi connectivity index (χ1n) is 8.79. The van der Waals surface area contributed by atoms with E-state index in [0.29, 0.717) is 5.92 Å². The van der Waals surface area contributed by atoms with E-state index in [1.54, 1.807) is 0 Å². The summed E-state index contributed by atoms with van der Waals surface area (Å²) in [5, 5.41) is 14.2. The Balaban J connectivity index is 1.88. The average Bonchev–Trinajstić information content (AvgIpc) is 2.93. The highest BCUT2D eigenvalue weighted by atomic mass is 16.6. The number of carbonyl (C=O) groups excluding carboxylic acids is 2. The molecule has 2 bridgehead atoms. The number of fused-ring (bicyclic) bond motifs is 2. The number of rotatable bonds is 4. The lowest BCUT2D eigenvalue weighted by atomic mass is 9.69. The number of carbonyl (C=O) groups is 2. The molecule has 0 aromatic heterocycles. The molecule has 140 valence electrons. The maximum absolute atomic E-state index is 12.8. The van der Waals surface area contributed by atoms with Crippen LogP contribution in [0.1, 0.15) is 60.7 Å². The minimum atomic E-state index is -0.712. The number of ether oxygens (including phenoxy) is 1. The highest BCUT2D eigenvalue weighted by molar-refractivity contribution is 5.99. The highest BCUT2D eigenvalue weighted by Crippen LogP contribution is 2.65. The van der Waals surface area contributed by atoms with Gasteiger partial charge in [0.05, 0.1) is 17.6 Å². The lowest BCUT2D eigenvalue weighted by Crippen LogP contribution is -2.46. The molecule has 0 saturated heterocycles. The zero-order valence-electron chi connectivity index (χ0n) is 15.5. The number of esters is 1. The predicted octanol–water partition coefficient (Wildman–Crippen LogP) is 3.33. The quantitative estimate of drug-likeness (QED) is 0.504. The van der Waals surface area contributed by atoms with E-state index in [9.17, 15) is 19.7 Å². The Labute approximate surface area is 152 Å². The molecule has 3 atom stereocenters. The summed E-state index contributed by atoms with van der Waals surface area (Å²) in [5.41, 5.74) is -0.0723. The van der Waals surface area contributed by atoms with E-state index < -0.39 is 16.8 Å². The van der Waals surface area contributed by atoms with Gasteiger partial charge in [0, 0.05) is 23.7 Å². The van der Waals surface area contributed by atoms with Crippen LogP contribution in [0.2, 0.25) is 0 Å². The fourth-order valence-electron chi connectivity index (χ4n) is 4.75. The predicted molar refractivity (Wildman–Crippen MR) is 94.9 cm³/mol. The van der Waals surface area contributed by atoms with Crippen molar-refractivity contribution in [3.05, 3.63) is 39.4 Å². The monoisotopic (exact) mass is 360 g/mol. The Morgan fingerprint density at radius 3 is 2.38 bits per heavy atom. The molecule has 0 radical (unpaired) electrons. The standard InChI is InChI=1S/C19H24N2O5/c1-18(2)13-5-6-19(18,3)15(10-13)20-16(22)11-7-12(17(23)26-4)9-14(8-11)21(24)25/h7-9,13,15H,5-6,10H2,1-4H3,(H,20,22)/t13-,15+,19-/m0/s1. The number of non-ortho nitro benzene ring substituents is 1. The third kappa shape index (κ3) is 2.66. The molecule has 1 amide bonds. The van der Waals surface area contributed by atoms with Crippen LogP contribution in [0.5, 0.6) is 0 Å². The van der Waals surface area contributed by atoms with Crippen LogP contribution in [0.25, 0.3) is 0 Å². The zero-order valence-corrected chi connectivity index (χ0v) is 15.5. The van der Waals surface area contributed by atoms with Gasteiger partial charge in [-0.2, -0.15) is 0 Å². The number of amides is 1. The molecule has 2 aliphatic rings. The summed E-state index contributed by atoms with van der Waals surface area (Å²) in [7, 11) is 1.19. The van der Waals surface area contributed by atoms with Crippen molar-refractivity contribution >= 4 is 17.6 Å². The van der Waals surface area contributed by atoms with Gasteiger partial charge in [-0.1, -0.05) is 20.8 Å².